The van der Waals surface area contributed by atoms with Gasteiger partial charge < -0.3 is 10.1 Å². The zero-order valence-electron chi connectivity index (χ0n) is 11.0. The van der Waals surface area contributed by atoms with Gasteiger partial charge in [-0.2, -0.15) is 0 Å². The predicted octanol–water partition coefficient (Wildman–Crippen LogP) is 2.59. The van der Waals surface area contributed by atoms with E-state index in [9.17, 15) is 0 Å². The average Bonchev–Trinajstić information content (AvgIpc) is 2.97. The van der Waals surface area contributed by atoms with Gasteiger partial charge in [0.25, 0.3) is 0 Å². The van der Waals surface area contributed by atoms with Gasteiger partial charge in [-0.25, -0.2) is 0 Å². The van der Waals surface area contributed by atoms with Gasteiger partial charge in [-0.3, -0.25) is 4.98 Å². The van der Waals surface area contributed by atoms with Crippen molar-refractivity contribution in [1.29, 1.82) is 0 Å². The number of nitrogens with zero attached hydrogens (tertiary/aromatic N) is 1. The Morgan fingerprint density at radius 1 is 1.47 bits per heavy atom. The van der Waals surface area contributed by atoms with Crippen LogP contribution in [0.4, 0.5) is 0 Å². The highest BCUT2D eigenvalue weighted by Gasteiger charge is 2.28. The molecule has 3 nitrogen and oxygen atoms in total. The zero-order valence-corrected chi connectivity index (χ0v) is 11.8. The Morgan fingerprint density at radius 2 is 2.37 bits per heavy atom. The molecular weight excluding hydrogens is 256 g/mol. The summed E-state index contributed by atoms with van der Waals surface area (Å²) in [5, 5.41) is 3.40. The molecule has 0 radical (unpaired) electrons. The van der Waals surface area contributed by atoms with Crippen LogP contribution in [0.2, 0.25) is 0 Å². The second-order valence-corrected chi connectivity index (χ2v) is 5.78. The number of likely N-dealkylation sites (N-methyl/N-ethyl adjacent to an activating group) is 1. The van der Waals surface area contributed by atoms with E-state index in [1.165, 1.54) is 16.0 Å². The van der Waals surface area contributed by atoms with Crippen LogP contribution >= 0.6 is 11.3 Å². The highest BCUT2D eigenvalue weighted by atomic mass is 32.1. The van der Waals surface area contributed by atoms with E-state index in [0.717, 1.165) is 19.4 Å². The lowest BCUT2D eigenvalue weighted by Gasteiger charge is -2.32. The fraction of sp³-hybridized carbons (Fsp3) is 0.400. The summed E-state index contributed by atoms with van der Waals surface area (Å²) in [6.45, 7) is 0.808. The van der Waals surface area contributed by atoms with Crippen molar-refractivity contribution >= 4 is 11.3 Å². The van der Waals surface area contributed by atoms with Gasteiger partial charge >= 0.3 is 0 Å². The summed E-state index contributed by atoms with van der Waals surface area (Å²) in [5.74, 6) is 0. The Morgan fingerprint density at radius 3 is 3.16 bits per heavy atom. The molecule has 0 spiro atoms. The summed E-state index contributed by atoms with van der Waals surface area (Å²) in [6.07, 6.45) is 4.06. The minimum absolute atomic E-state index is 0.136. The van der Waals surface area contributed by atoms with Crippen molar-refractivity contribution in [2.45, 2.75) is 25.0 Å². The lowest BCUT2D eigenvalue weighted by Crippen LogP contribution is -2.37. The molecular formula is C15H18N2OS. The van der Waals surface area contributed by atoms with E-state index in [1.54, 1.807) is 11.3 Å². The van der Waals surface area contributed by atoms with E-state index >= 15 is 0 Å². The van der Waals surface area contributed by atoms with E-state index in [2.05, 4.69) is 34.6 Å². The summed E-state index contributed by atoms with van der Waals surface area (Å²) in [7, 11) is 2.01. The van der Waals surface area contributed by atoms with E-state index < -0.39 is 0 Å². The second-order valence-electron chi connectivity index (χ2n) is 4.81. The van der Waals surface area contributed by atoms with E-state index in [-0.39, 0.29) is 6.10 Å². The third kappa shape index (κ3) is 2.71. The van der Waals surface area contributed by atoms with Crippen LogP contribution in [0.25, 0.3) is 0 Å². The smallest absolute Gasteiger partial charge is 0.0984 e. The fourth-order valence-electron chi connectivity index (χ4n) is 2.68. The molecule has 1 N–H and O–H groups in total. The van der Waals surface area contributed by atoms with Gasteiger partial charge in [-0.1, -0.05) is 24.3 Å². The first-order chi connectivity index (χ1) is 9.38. The largest absolute Gasteiger partial charge is 0.372 e. The van der Waals surface area contributed by atoms with Gasteiger partial charge in [0.05, 0.1) is 18.2 Å². The van der Waals surface area contributed by atoms with Gasteiger partial charge in [0.1, 0.15) is 0 Å². The van der Waals surface area contributed by atoms with E-state index in [1.807, 2.05) is 18.8 Å². The van der Waals surface area contributed by atoms with Gasteiger partial charge in [0.2, 0.25) is 0 Å². The average molecular weight is 274 g/mol. The number of ether oxygens (including phenoxy) is 1. The minimum Gasteiger partial charge on any atom is -0.372 e. The van der Waals surface area contributed by atoms with Crippen LogP contribution < -0.4 is 5.32 Å². The summed E-state index contributed by atoms with van der Waals surface area (Å²) in [4.78, 5) is 5.45. The molecule has 0 saturated heterocycles. The van der Waals surface area contributed by atoms with Crippen LogP contribution in [0.5, 0.6) is 0 Å². The molecule has 2 unspecified atom stereocenters. The molecule has 1 aromatic heterocycles. The lowest BCUT2D eigenvalue weighted by molar-refractivity contribution is 0.0174. The molecule has 0 bridgehead atoms. The normalized spacial score (nSPS) is 19.9. The summed E-state index contributed by atoms with van der Waals surface area (Å²) in [5.41, 5.74) is 4.64. The number of nitrogens with one attached hydrogen (secondary N) is 1. The Labute approximate surface area is 117 Å². The zero-order chi connectivity index (χ0) is 13.1. The van der Waals surface area contributed by atoms with Crippen LogP contribution in [-0.2, 0) is 17.6 Å². The highest BCUT2D eigenvalue weighted by molar-refractivity contribution is 7.09. The third-order valence-electron chi connectivity index (χ3n) is 3.67. The van der Waals surface area contributed by atoms with E-state index in [4.69, 9.17) is 4.74 Å². The number of thiazole rings is 1. The van der Waals surface area contributed by atoms with Crippen molar-refractivity contribution in [3.05, 3.63) is 52.0 Å². The van der Waals surface area contributed by atoms with Crippen LogP contribution in [0.15, 0.2) is 36.0 Å². The Bertz CT molecular complexity index is 527. The van der Waals surface area contributed by atoms with Gasteiger partial charge in [-0.15, -0.1) is 11.3 Å². The van der Waals surface area contributed by atoms with Crippen molar-refractivity contribution in [2.24, 2.45) is 0 Å². The first-order valence-electron chi connectivity index (χ1n) is 6.62. The SMILES string of the molecule is CNC(Cc1cncs1)C1OCCc2ccccc21. The van der Waals surface area contributed by atoms with E-state index in [0.29, 0.717) is 6.04 Å². The Kier molecular flexibility index (Phi) is 3.92. The van der Waals surface area contributed by atoms with Crippen LogP contribution in [0, 0.1) is 0 Å². The molecule has 3 rings (SSSR count). The fourth-order valence-corrected chi connectivity index (χ4v) is 3.33. The molecule has 0 amide bonds. The standard InChI is InChI=1S/C15H18N2OS/c1-16-14(8-12-9-17-10-19-12)15-13-5-3-2-4-11(13)6-7-18-15/h2-5,9-10,14-16H,6-8H2,1H3. The lowest BCUT2D eigenvalue weighted by atomic mass is 9.92. The third-order valence-corrected chi connectivity index (χ3v) is 4.47. The van der Waals surface area contributed by atoms with Crippen LogP contribution in [-0.4, -0.2) is 24.7 Å². The molecule has 100 valence electrons. The molecule has 1 aliphatic rings. The summed E-state index contributed by atoms with van der Waals surface area (Å²) < 4.78 is 6.03. The summed E-state index contributed by atoms with van der Waals surface area (Å²) >= 11 is 1.71. The molecule has 2 heterocycles. The number of hydrogen-bond acceptors (Lipinski definition) is 4. The number of fused-ring (bicyclic) bond motifs is 1. The van der Waals surface area contributed by atoms with Crippen molar-refractivity contribution in [2.75, 3.05) is 13.7 Å². The monoisotopic (exact) mass is 274 g/mol. The maximum absolute atomic E-state index is 6.03. The van der Waals surface area contributed by atoms with Crippen molar-refractivity contribution in [3.63, 3.8) is 0 Å². The molecule has 0 fully saturated rings. The number of aromatic nitrogens is 1. The van der Waals surface area contributed by atoms with Gasteiger partial charge in [-0.05, 0) is 24.6 Å². The second kappa shape index (κ2) is 5.82. The summed E-state index contributed by atoms with van der Waals surface area (Å²) in [6, 6.07) is 8.90. The van der Waals surface area contributed by atoms with Crippen LogP contribution in [0.3, 0.4) is 0 Å². The number of rotatable bonds is 4. The minimum atomic E-state index is 0.136. The Balaban J connectivity index is 1.84. The number of benzene rings is 1. The molecule has 1 aliphatic heterocycles. The van der Waals surface area contributed by atoms with Crippen molar-refractivity contribution in [3.8, 4) is 0 Å². The highest BCUT2D eigenvalue weighted by Crippen LogP contribution is 2.31. The molecule has 1 aromatic carbocycles. The van der Waals surface area contributed by atoms with Crippen molar-refractivity contribution < 1.29 is 4.74 Å². The predicted molar refractivity (Wildman–Crippen MR) is 77.5 cm³/mol. The van der Waals surface area contributed by atoms with Crippen LogP contribution in [0.1, 0.15) is 22.1 Å². The molecule has 2 atom stereocenters. The number of hydrogen-bond donors (Lipinski definition) is 1. The molecule has 19 heavy (non-hydrogen) atoms. The molecule has 4 heteroatoms. The first-order valence-corrected chi connectivity index (χ1v) is 7.50. The Hall–Kier alpha value is -1.23. The van der Waals surface area contributed by atoms with Gasteiger partial charge in [0.15, 0.2) is 0 Å². The van der Waals surface area contributed by atoms with Crippen molar-refractivity contribution in [1.82, 2.24) is 10.3 Å². The maximum atomic E-state index is 6.03. The molecule has 2 aromatic rings. The quantitative estimate of drug-likeness (QED) is 0.930. The maximum Gasteiger partial charge on any atom is 0.0984 e. The molecule has 0 aliphatic carbocycles. The first kappa shape index (κ1) is 12.8. The van der Waals surface area contributed by atoms with Gasteiger partial charge in [0, 0.05) is 23.5 Å². The topological polar surface area (TPSA) is 34.2 Å². The molecule has 0 saturated carbocycles.